The summed E-state index contributed by atoms with van der Waals surface area (Å²) in [5.41, 5.74) is 7.97. The van der Waals surface area contributed by atoms with Crippen molar-refractivity contribution in [3.8, 4) is 5.75 Å². The van der Waals surface area contributed by atoms with E-state index in [9.17, 15) is 4.79 Å². The molecule has 2 aromatic carbocycles. The summed E-state index contributed by atoms with van der Waals surface area (Å²) >= 11 is 0. The number of carbonyl (C=O) groups excluding carboxylic acids is 1. The molecular weight excluding hydrogens is 230 g/mol. The topological polar surface area (TPSA) is 76.7 Å². The molecule has 0 heterocycles. The summed E-state index contributed by atoms with van der Waals surface area (Å²) in [7, 11) is 1.63. The van der Waals surface area contributed by atoms with Gasteiger partial charge in [0.15, 0.2) is 0 Å². The summed E-state index contributed by atoms with van der Waals surface area (Å²) in [5.74, 6) is 0.797. The van der Waals surface area contributed by atoms with Gasteiger partial charge in [-0.15, -0.1) is 0 Å². The van der Waals surface area contributed by atoms with Crippen LogP contribution in [0.4, 0.5) is 4.79 Å². The molecule has 0 atom stereocenters. The van der Waals surface area contributed by atoms with Crippen LogP contribution in [0.5, 0.6) is 5.75 Å². The first-order chi connectivity index (χ1) is 8.72. The molecule has 0 aliphatic carbocycles. The monoisotopic (exact) mass is 243 g/mol. The maximum absolute atomic E-state index is 10.5. The Morgan fingerprint density at radius 2 is 2.00 bits per heavy atom. The van der Waals surface area contributed by atoms with Crippen LogP contribution in [0, 0.1) is 0 Å². The normalized spacial score (nSPS) is 10.7. The third-order valence-corrected chi connectivity index (χ3v) is 2.52. The predicted octanol–water partition coefficient (Wildman–Crippen LogP) is 1.85. The highest BCUT2D eigenvalue weighted by Crippen LogP contribution is 2.27. The van der Waals surface area contributed by atoms with Crippen molar-refractivity contribution in [2.24, 2.45) is 10.8 Å². The number of hydrogen-bond donors (Lipinski definition) is 2. The molecule has 2 amide bonds. The van der Waals surface area contributed by atoms with Crippen LogP contribution in [0.3, 0.4) is 0 Å². The van der Waals surface area contributed by atoms with E-state index in [2.05, 4.69) is 10.5 Å². The number of nitrogens with zero attached hydrogens (tertiary/aromatic N) is 1. The van der Waals surface area contributed by atoms with Gasteiger partial charge in [-0.2, -0.15) is 5.10 Å². The highest BCUT2D eigenvalue weighted by Gasteiger charge is 2.03. The fourth-order valence-corrected chi connectivity index (χ4v) is 1.75. The van der Waals surface area contributed by atoms with Gasteiger partial charge < -0.3 is 10.5 Å². The number of methoxy groups -OCH3 is 1. The molecule has 0 unspecified atom stereocenters. The molecule has 5 nitrogen and oxygen atoms in total. The first kappa shape index (κ1) is 11.9. The lowest BCUT2D eigenvalue weighted by Gasteiger charge is -2.07. The summed E-state index contributed by atoms with van der Waals surface area (Å²) in [6, 6.07) is 10.8. The summed E-state index contributed by atoms with van der Waals surface area (Å²) in [5, 5.41) is 5.74. The molecule has 0 aliphatic rings. The van der Waals surface area contributed by atoms with E-state index in [1.165, 1.54) is 0 Å². The van der Waals surface area contributed by atoms with Gasteiger partial charge in [0.2, 0.25) is 0 Å². The van der Waals surface area contributed by atoms with E-state index >= 15 is 0 Å². The molecule has 0 saturated heterocycles. The van der Waals surface area contributed by atoms with Crippen molar-refractivity contribution in [3.05, 3.63) is 42.0 Å². The van der Waals surface area contributed by atoms with Crippen molar-refractivity contribution in [2.75, 3.05) is 7.11 Å². The Hall–Kier alpha value is -2.56. The van der Waals surface area contributed by atoms with Crippen molar-refractivity contribution < 1.29 is 9.53 Å². The number of nitrogens with two attached hydrogens (primary N) is 1. The molecular formula is C13H13N3O2. The fourth-order valence-electron chi connectivity index (χ4n) is 1.75. The lowest BCUT2D eigenvalue weighted by Crippen LogP contribution is -2.24. The van der Waals surface area contributed by atoms with Crippen LogP contribution in [-0.4, -0.2) is 19.4 Å². The third kappa shape index (κ3) is 2.40. The quantitative estimate of drug-likeness (QED) is 0.637. The number of hydrogen-bond acceptors (Lipinski definition) is 3. The minimum atomic E-state index is -0.691. The number of benzene rings is 2. The van der Waals surface area contributed by atoms with Crippen LogP contribution in [0.25, 0.3) is 10.8 Å². The smallest absolute Gasteiger partial charge is 0.332 e. The van der Waals surface area contributed by atoms with Gasteiger partial charge in [-0.3, -0.25) is 0 Å². The lowest BCUT2D eigenvalue weighted by molar-refractivity contribution is 0.249. The first-order valence-electron chi connectivity index (χ1n) is 5.36. The van der Waals surface area contributed by atoms with Crippen molar-refractivity contribution in [3.63, 3.8) is 0 Å². The molecule has 3 N–H and O–H groups in total. The van der Waals surface area contributed by atoms with Crippen molar-refractivity contribution in [1.82, 2.24) is 5.43 Å². The van der Waals surface area contributed by atoms with E-state index < -0.39 is 6.03 Å². The number of primary amides is 1. The highest BCUT2D eigenvalue weighted by molar-refractivity contribution is 6.02. The average Bonchev–Trinajstić information content (AvgIpc) is 2.38. The minimum absolute atomic E-state index is 0.691. The molecule has 0 saturated carbocycles. The van der Waals surface area contributed by atoms with E-state index in [4.69, 9.17) is 10.5 Å². The van der Waals surface area contributed by atoms with Gasteiger partial charge >= 0.3 is 6.03 Å². The Labute approximate surface area is 104 Å². The first-order valence-corrected chi connectivity index (χ1v) is 5.36. The van der Waals surface area contributed by atoms with E-state index in [0.717, 1.165) is 22.1 Å². The second kappa shape index (κ2) is 5.18. The molecule has 0 bridgehead atoms. The van der Waals surface area contributed by atoms with E-state index in [1.54, 1.807) is 13.3 Å². The highest BCUT2D eigenvalue weighted by atomic mass is 16.5. The zero-order valence-corrected chi connectivity index (χ0v) is 9.88. The van der Waals surface area contributed by atoms with E-state index in [1.807, 2.05) is 36.4 Å². The van der Waals surface area contributed by atoms with Gasteiger partial charge in [0.1, 0.15) is 5.75 Å². The van der Waals surface area contributed by atoms with Crippen LogP contribution >= 0.6 is 0 Å². The average molecular weight is 243 g/mol. The summed E-state index contributed by atoms with van der Waals surface area (Å²) in [6.45, 7) is 0. The lowest BCUT2D eigenvalue weighted by atomic mass is 10.0. The van der Waals surface area contributed by atoms with Crippen LogP contribution in [0.1, 0.15) is 5.56 Å². The number of fused-ring (bicyclic) bond motifs is 1. The van der Waals surface area contributed by atoms with Crippen LogP contribution < -0.4 is 15.9 Å². The number of ether oxygens (including phenoxy) is 1. The molecule has 0 aliphatic heterocycles. The predicted molar refractivity (Wildman–Crippen MR) is 70.8 cm³/mol. The maximum atomic E-state index is 10.5. The molecule has 0 aromatic heterocycles. The Kier molecular flexibility index (Phi) is 3.43. The van der Waals surface area contributed by atoms with Crippen LogP contribution in [0.2, 0.25) is 0 Å². The van der Waals surface area contributed by atoms with E-state index in [0.29, 0.717) is 0 Å². The van der Waals surface area contributed by atoms with E-state index in [-0.39, 0.29) is 0 Å². The number of rotatable bonds is 3. The summed E-state index contributed by atoms with van der Waals surface area (Å²) in [6.07, 6.45) is 1.55. The largest absolute Gasteiger partial charge is 0.496 e. The molecule has 92 valence electrons. The summed E-state index contributed by atoms with van der Waals surface area (Å²) < 4.78 is 5.29. The van der Waals surface area contributed by atoms with Gasteiger partial charge in [-0.05, 0) is 17.5 Å². The van der Waals surface area contributed by atoms with Gasteiger partial charge in [0.05, 0.1) is 13.3 Å². The van der Waals surface area contributed by atoms with Crippen LogP contribution in [0.15, 0.2) is 41.5 Å². The second-order valence-electron chi connectivity index (χ2n) is 3.64. The number of urea groups is 1. The molecule has 0 spiro atoms. The second-order valence-corrected chi connectivity index (χ2v) is 3.64. The van der Waals surface area contributed by atoms with Crippen molar-refractivity contribution >= 4 is 23.0 Å². The number of carbonyl (C=O) groups is 1. The Morgan fingerprint density at radius 1 is 1.28 bits per heavy atom. The number of hydrazone groups is 1. The van der Waals surface area contributed by atoms with Crippen molar-refractivity contribution in [2.45, 2.75) is 0 Å². The van der Waals surface area contributed by atoms with Gasteiger partial charge in [0.25, 0.3) is 0 Å². The maximum Gasteiger partial charge on any atom is 0.332 e. The van der Waals surface area contributed by atoms with Gasteiger partial charge in [-0.25, -0.2) is 10.2 Å². The molecule has 2 rings (SSSR count). The van der Waals surface area contributed by atoms with Crippen molar-refractivity contribution in [1.29, 1.82) is 0 Å². The number of nitrogens with one attached hydrogen (secondary N) is 1. The standard InChI is InChI=1S/C13H13N3O2/c1-18-12-7-6-9(8-15-16-13(14)17)10-4-2-3-5-11(10)12/h2-8H,1H3,(H3,14,16,17). The molecule has 5 heteroatoms. The number of amides is 2. The Morgan fingerprint density at radius 3 is 2.67 bits per heavy atom. The minimum Gasteiger partial charge on any atom is -0.496 e. The zero-order valence-electron chi connectivity index (χ0n) is 9.88. The molecule has 0 fully saturated rings. The van der Waals surface area contributed by atoms with Crippen LogP contribution in [-0.2, 0) is 0 Å². The Bertz CT molecular complexity index is 608. The Balaban J connectivity index is 2.46. The summed E-state index contributed by atoms with van der Waals surface area (Å²) in [4.78, 5) is 10.5. The SMILES string of the molecule is COc1ccc(C=NNC(N)=O)c2ccccc12. The molecule has 2 aromatic rings. The zero-order chi connectivity index (χ0) is 13.0. The molecule has 18 heavy (non-hydrogen) atoms. The molecule has 0 radical (unpaired) electrons. The van der Waals surface area contributed by atoms with Gasteiger partial charge in [-0.1, -0.05) is 24.3 Å². The third-order valence-electron chi connectivity index (χ3n) is 2.52. The van der Waals surface area contributed by atoms with Gasteiger partial charge in [0, 0.05) is 10.9 Å². The fraction of sp³-hybridized carbons (Fsp3) is 0.0769.